The summed E-state index contributed by atoms with van der Waals surface area (Å²) in [5.74, 6) is 0.993. The molecular weight excluding hydrogens is 290 g/mol. The number of anilines is 1. The number of nitrogen functional groups attached to an aromatic ring is 1. The molecular formula is C15H22BrNO. The minimum atomic E-state index is -0.423. The van der Waals surface area contributed by atoms with Crippen LogP contribution in [0.4, 0.5) is 5.69 Å². The number of benzene rings is 1. The topological polar surface area (TPSA) is 46.2 Å². The van der Waals surface area contributed by atoms with Crippen LogP contribution in [-0.2, 0) is 0 Å². The van der Waals surface area contributed by atoms with Gasteiger partial charge in [-0.1, -0.05) is 48.5 Å². The van der Waals surface area contributed by atoms with Gasteiger partial charge in [0.05, 0.1) is 6.10 Å². The molecule has 0 radical (unpaired) electrons. The van der Waals surface area contributed by atoms with Crippen molar-refractivity contribution in [2.75, 3.05) is 5.73 Å². The SMILES string of the molecule is CCC1CCCCC1C(O)c1cc(Br)ccc1N. The molecule has 0 spiro atoms. The Bertz CT molecular complexity index is 407. The van der Waals surface area contributed by atoms with Gasteiger partial charge in [0.1, 0.15) is 0 Å². The Kier molecular flexibility index (Phi) is 4.68. The Labute approximate surface area is 118 Å². The van der Waals surface area contributed by atoms with Crippen LogP contribution in [0.3, 0.4) is 0 Å². The molecule has 3 unspecified atom stereocenters. The number of halogens is 1. The van der Waals surface area contributed by atoms with Gasteiger partial charge in [-0.15, -0.1) is 0 Å². The zero-order valence-corrected chi connectivity index (χ0v) is 12.5. The summed E-state index contributed by atoms with van der Waals surface area (Å²) in [6.45, 7) is 2.22. The average Bonchev–Trinajstić information content (AvgIpc) is 2.40. The molecule has 1 aromatic carbocycles. The summed E-state index contributed by atoms with van der Waals surface area (Å²) in [6.07, 6.45) is 5.61. The minimum Gasteiger partial charge on any atom is -0.398 e. The largest absolute Gasteiger partial charge is 0.398 e. The molecule has 1 saturated carbocycles. The smallest absolute Gasteiger partial charge is 0.0841 e. The van der Waals surface area contributed by atoms with Crippen LogP contribution in [0.5, 0.6) is 0 Å². The lowest BCUT2D eigenvalue weighted by Crippen LogP contribution is -2.25. The zero-order chi connectivity index (χ0) is 13.1. The van der Waals surface area contributed by atoms with Crippen LogP contribution >= 0.6 is 15.9 Å². The third-order valence-corrected chi connectivity index (χ3v) is 4.76. The van der Waals surface area contributed by atoms with Crippen molar-refractivity contribution in [3.05, 3.63) is 28.2 Å². The van der Waals surface area contributed by atoms with Crippen LogP contribution in [0, 0.1) is 11.8 Å². The first-order valence-electron chi connectivity index (χ1n) is 6.86. The number of hydrogen-bond acceptors (Lipinski definition) is 2. The van der Waals surface area contributed by atoms with Crippen molar-refractivity contribution in [3.8, 4) is 0 Å². The Hall–Kier alpha value is -0.540. The van der Waals surface area contributed by atoms with E-state index in [-0.39, 0.29) is 0 Å². The van der Waals surface area contributed by atoms with Gasteiger partial charge in [-0.25, -0.2) is 0 Å². The molecule has 0 aromatic heterocycles. The van der Waals surface area contributed by atoms with E-state index in [1.54, 1.807) is 0 Å². The van der Waals surface area contributed by atoms with E-state index in [0.29, 0.717) is 17.5 Å². The van der Waals surface area contributed by atoms with Crippen molar-refractivity contribution in [1.29, 1.82) is 0 Å². The lowest BCUT2D eigenvalue weighted by Gasteiger charge is -2.35. The lowest BCUT2D eigenvalue weighted by atomic mass is 9.73. The summed E-state index contributed by atoms with van der Waals surface area (Å²) in [6, 6.07) is 5.75. The maximum Gasteiger partial charge on any atom is 0.0841 e. The second kappa shape index (κ2) is 6.07. The van der Waals surface area contributed by atoms with Crippen LogP contribution in [-0.4, -0.2) is 5.11 Å². The molecule has 1 fully saturated rings. The molecule has 3 N–H and O–H groups in total. The summed E-state index contributed by atoms with van der Waals surface area (Å²) < 4.78 is 0.981. The fourth-order valence-corrected chi connectivity index (χ4v) is 3.57. The summed E-state index contributed by atoms with van der Waals surface area (Å²) in [7, 11) is 0. The minimum absolute atomic E-state index is 0.361. The van der Waals surface area contributed by atoms with E-state index in [0.717, 1.165) is 22.9 Å². The van der Waals surface area contributed by atoms with Gasteiger partial charge in [-0.05, 0) is 36.5 Å². The number of hydrogen-bond donors (Lipinski definition) is 2. The van der Waals surface area contributed by atoms with E-state index in [2.05, 4.69) is 22.9 Å². The van der Waals surface area contributed by atoms with Crippen molar-refractivity contribution in [3.63, 3.8) is 0 Å². The highest BCUT2D eigenvalue weighted by atomic mass is 79.9. The second-order valence-corrected chi connectivity index (χ2v) is 6.25. The van der Waals surface area contributed by atoms with Gasteiger partial charge in [-0.3, -0.25) is 0 Å². The van der Waals surface area contributed by atoms with Gasteiger partial charge in [-0.2, -0.15) is 0 Å². The van der Waals surface area contributed by atoms with Crippen molar-refractivity contribution >= 4 is 21.6 Å². The highest BCUT2D eigenvalue weighted by molar-refractivity contribution is 9.10. The van der Waals surface area contributed by atoms with Crippen LogP contribution in [0.25, 0.3) is 0 Å². The fourth-order valence-electron chi connectivity index (χ4n) is 3.19. The summed E-state index contributed by atoms with van der Waals surface area (Å²) >= 11 is 3.45. The third-order valence-electron chi connectivity index (χ3n) is 4.27. The Morgan fingerprint density at radius 2 is 2.11 bits per heavy atom. The zero-order valence-electron chi connectivity index (χ0n) is 10.9. The standard InChI is InChI=1S/C15H22BrNO/c1-2-10-5-3-4-6-12(10)15(18)13-9-11(16)7-8-14(13)17/h7-10,12,15,18H,2-6,17H2,1H3. The molecule has 0 amide bonds. The van der Waals surface area contributed by atoms with Crippen molar-refractivity contribution in [1.82, 2.24) is 0 Å². The molecule has 0 bridgehead atoms. The second-order valence-electron chi connectivity index (χ2n) is 5.33. The number of rotatable bonds is 3. The average molecular weight is 312 g/mol. The van der Waals surface area contributed by atoms with E-state index >= 15 is 0 Å². The van der Waals surface area contributed by atoms with Crippen molar-refractivity contribution < 1.29 is 5.11 Å². The Balaban J connectivity index is 2.23. The molecule has 1 aromatic rings. The van der Waals surface area contributed by atoms with E-state index in [1.807, 2.05) is 18.2 Å². The number of aliphatic hydroxyl groups excluding tert-OH is 1. The molecule has 2 nitrogen and oxygen atoms in total. The number of aliphatic hydroxyl groups is 1. The third kappa shape index (κ3) is 2.89. The molecule has 3 atom stereocenters. The summed E-state index contributed by atoms with van der Waals surface area (Å²) in [5, 5.41) is 10.7. The van der Waals surface area contributed by atoms with Crippen LogP contribution < -0.4 is 5.73 Å². The maximum absolute atomic E-state index is 10.7. The first-order chi connectivity index (χ1) is 8.63. The van der Waals surface area contributed by atoms with E-state index in [9.17, 15) is 5.11 Å². The first kappa shape index (κ1) is 13.9. The summed E-state index contributed by atoms with van der Waals surface area (Å²) in [4.78, 5) is 0. The fraction of sp³-hybridized carbons (Fsp3) is 0.600. The molecule has 0 heterocycles. The molecule has 18 heavy (non-hydrogen) atoms. The van der Waals surface area contributed by atoms with Gasteiger partial charge in [0.25, 0.3) is 0 Å². The van der Waals surface area contributed by atoms with Gasteiger partial charge >= 0.3 is 0 Å². The van der Waals surface area contributed by atoms with Gasteiger partial charge < -0.3 is 10.8 Å². The predicted molar refractivity (Wildman–Crippen MR) is 79.3 cm³/mol. The monoisotopic (exact) mass is 311 g/mol. The van der Waals surface area contributed by atoms with E-state index < -0.39 is 6.10 Å². The van der Waals surface area contributed by atoms with E-state index in [4.69, 9.17) is 5.73 Å². The van der Waals surface area contributed by atoms with Crippen molar-refractivity contribution in [2.45, 2.75) is 45.1 Å². The highest BCUT2D eigenvalue weighted by Gasteiger charge is 2.31. The molecule has 1 aliphatic carbocycles. The Morgan fingerprint density at radius 3 is 2.83 bits per heavy atom. The molecule has 0 saturated heterocycles. The number of nitrogens with two attached hydrogens (primary N) is 1. The van der Waals surface area contributed by atoms with Crippen LogP contribution in [0.1, 0.15) is 50.7 Å². The highest BCUT2D eigenvalue weighted by Crippen LogP contribution is 2.41. The van der Waals surface area contributed by atoms with Gasteiger partial charge in [0.15, 0.2) is 0 Å². The quantitative estimate of drug-likeness (QED) is 0.818. The van der Waals surface area contributed by atoms with Gasteiger partial charge in [0.2, 0.25) is 0 Å². The molecule has 1 aliphatic rings. The molecule has 3 heteroatoms. The van der Waals surface area contributed by atoms with Crippen LogP contribution in [0.15, 0.2) is 22.7 Å². The van der Waals surface area contributed by atoms with Gasteiger partial charge in [0, 0.05) is 15.7 Å². The van der Waals surface area contributed by atoms with Crippen molar-refractivity contribution in [2.24, 2.45) is 11.8 Å². The van der Waals surface area contributed by atoms with E-state index in [1.165, 1.54) is 19.3 Å². The summed E-state index contributed by atoms with van der Waals surface area (Å²) in [5.41, 5.74) is 7.59. The molecule has 2 rings (SSSR count). The lowest BCUT2D eigenvalue weighted by molar-refractivity contribution is 0.0457. The maximum atomic E-state index is 10.7. The molecule has 0 aliphatic heterocycles. The Morgan fingerprint density at radius 1 is 1.39 bits per heavy atom. The predicted octanol–water partition coefficient (Wildman–Crippen LogP) is 4.28. The van der Waals surface area contributed by atoms with Crippen LogP contribution in [0.2, 0.25) is 0 Å². The normalized spacial score (nSPS) is 25.9. The first-order valence-corrected chi connectivity index (χ1v) is 7.65. The molecule has 100 valence electrons.